The number of sulfonamides is 1. The molecule has 0 radical (unpaired) electrons. The smallest absolute Gasteiger partial charge is 0.336 e. The second kappa shape index (κ2) is 6.69. The standard InChI is InChI=1S/C13H18BrNO4S/c1-4-9(5-2)15-20(18,19)10-6-11(13(16)17)8(3)12(14)7-10/h6-7,9,15H,4-5H2,1-3H3,(H,16,17). The number of carbonyl (C=O) groups is 1. The van der Waals surface area contributed by atoms with Gasteiger partial charge in [0.1, 0.15) is 0 Å². The Kier molecular flexibility index (Phi) is 5.73. The molecule has 1 aromatic rings. The van der Waals surface area contributed by atoms with Gasteiger partial charge in [-0.15, -0.1) is 0 Å². The van der Waals surface area contributed by atoms with Crippen LogP contribution >= 0.6 is 15.9 Å². The summed E-state index contributed by atoms with van der Waals surface area (Å²) < 4.78 is 27.6. The molecule has 0 saturated heterocycles. The highest BCUT2D eigenvalue weighted by molar-refractivity contribution is 9.10. The third-order valence-corrected chi connectivity index (χ3v) is 5.49. The van der Waals surface area contributed by atoms with E-state index in [1.165, 1.54) is 12.1 Å². The van der Waals surface area contributed by atoms with Gasteiger partial charge in [0.05, 0.1) is 10.5 Å². The topological polar surface area (TPSA) is 83.5 Å². The summed E-state index contributed by atoms with van der Waals surface area (Å²) in [5, 5.41) is 9.12. The molecule has 5 nitrogen and oxygen atoms in total. The summed E-state index contributed by atoms with van der Waals surface area (Å²) in [6.07, 6.45) is 1.35. The first-order valence-corrected chi connectivity index (χ1v) is 8.56. The number of aromatic carboxylic acids is 1. The van der Waals surface area contributed by atoms with Crippen LogP contribution in [0.5, 0.6) is 0 Å². The zero-order chi connectivity index (χ0) is 15.5. The van der Waals surface area contributed by atoms with Gasteiger partial charge in [-0.2, -0.15) is 0 Å². The van der Waals surface area contributed by atoms with E-state index in [4.69, 9.17) is 5.11 Å². The fourth-order valence-electron chi connectivity index (χ4n) is 1.77. The Morgan fingerprint density at radius 1 is 1.35 bits per heavy atom. The van der Waals surface area contributed by atoms with Gasteiger partial charge in [0.25, 0.3) is 0 Å². The third kappa shape index (κ3) is 3.80. The first-order chi connectivity index (χ1) is 9.22. The van der Waals surface area contributed by atoms with Gasteiger partial charge >= 0.3 is 5.97 Å². The van der Waals surface area contributed by atoms with Crippen LogP contribution in [0.1, 0.15) is 42.6 Å². The van der Waals surface area contributed by atoms with Crippen LogP contribution in [0.3, 0.4) is 0 Å². The molecule has 0 fully saturated rings. The lowest BCUT2D eigenvalue weighted by Gasteiger charge is -2.16. The lowest BCUT2D eigenvalue weighted by Crippen LogP contribution is -2.34. The van der Waals surface area contributed by atoms with Gasteiger partial charge in [-0.3, -0.25) is 0 Å². The van der Waals surface area contributed by atoms with Crippen molar-refractivity contribution in [3.8, 4) is 0 Å². The number of hydrogen-bond acceptors (Lipinski definition) is 3. The minimum atomic E-state index is -3.72. The molecule has 0 spiro atoms. The molecule has 0 aliphatic rings. The van der Waals surface area contributed by atoms with Crippen molar-refractivity contribution in [3.63, 3.8) is 0 Å². The Morgan fingerprint density at radius 3 is 2.35 bits per heavy atom. The van der Waals surface area contributed by atoms with Crippen molar-refractivity contribution >= 4 is 31.9 Å². The first-order valence-electron chi connectivity index (χ1n) is 6.28. The zero-order valence-electron chi connectivity index (χ0n) is 11.6. The maximum absolute atomic E-state index is 12.3. The Bertz CT molecular complexity index is 609. The summed E-state index contributed by atoms with van der Waals surface area (Å²) in [5.41, 5.74) is 0.475. The van der Waals surface area contributed by atoms with Crippen LogP contribution in [-0.2, 0) is 10.0 Å². The van der Waals surface area contributed by atoms with Crippen LogP contribution in [-0.4, -0.2) is 25.5 Å². The van der Waals surface area contributed by atoms with E-state index in [2.05, 4.69) is 20.7 Å². The number of halogens is 1. The Labute approximate surface area is 127 Å². The molecule has 2 N–H and O–H groups in total. The van der Waals surface area contributed by atoms with E-state index in [-0.39, 0.29) is 16.5 Å². The second-order valence-electron chi connectivity index (χ2n) is 4.52. The lowest BCUT2D eigenvalue weighted by atomic mass is 10.1. The van der Waals surface area contributed by atoms with E-state index in [0.29, 0.717) is 22.9 Å². The summed E-state index contributed by atoms with van der Waals surface area (Å²) in [5.74, 6) is -1.15. The summed E-state index contributed by atoms with van der Waals surface area (Å²) in [4.78, 5) is 11.1. The molecule has 0 heterocycles. The molecule has 0 amide bonds. The monoisotopic (exact) mass is 363 g/mol. The second-order valence-corrected chi connectivity index (χ2v) is 7.09. The molecule has 0 bridgehead atoms. The van der Waals surface area contributed by atoms with E-state index in [1.807, 2.05) is 13.8 Å². The van der Waals surface area contributed by atoms with Crippen molar-refractivity contribution in [2.45, 2.75) is 44.6 Å². The van der Waals surface area contributed by atoms with E-state index in [1.54, 1.807) is 6.92 Å². The molecule has 112 valence electrons. The molecule has 0 aromatic heterocycles. The van der Waals surface area contributed by atoms with Crippen LogP contribution in [0.4, 0.5) is 0 Å². The maximum atomic E-state index is 12.3. The lowest BCUT2D eigenvalue weighted by molar-refractivity contribution is 0.0695. The number of rotatable bonds is 6. The van der Waals surface area contributed by atoms with Gasteiger partial charge in [0.15, 0.2) is 0 Å². The molecular weight excluding hydrogens is 346 g/mol. The summed E-state index contributed by atoms with van der Waals surface area (Å²) in [7, 11) is -3.72. The largest absolute Gasteiger partial charge is 0.478 e. The number of nitrogens with one attached hydrogen (secondary N) is 1. The number of carboxylic acid groups (broad SMARTS) is 1. The molecule has 7 heteroatoms. The SMILES string of the molecule is CCC(CC)NS(=O)(=O)c1cc(Br)c(C)c(C(=O)O)c1. The molecule has 1 rings (SSSR count). The van der Waals surface area contributed by atoms with Crippen LogP contribution in [0, 0.1) is 6.92 Å². The van der Waals surface area contributed by atoms with Gasteiger partial charge in [-0.25, -0.2) is 17.9 Å². The van der Waals surface area contributed by atoms with Crippen molar-refractivity contribution < 1.29 is 18.3 Å². The van der Waals surface area contributed by atoms with Crippen molar-refractivity contribution in [1.29, 1.82) is 0 Å². The molecule has 0 aliphatic carbocycles. The average molecular weight is 364 g/mol. The number of benzene rings is 1. The van der Waals surface area contributed by atoms with Crippen LogP contribution in [0.2, 0.25) is 0 Å². The fourth-order valence-corrected chi connectivity index (χ4v) is 3.84. The van der Waals surface area contributed by atoms with E-state index in [0.717, 1.165) is 0 Å². The Morgan fingerprint density at radius 2 is 1.90 bits per heavy atom. The maximum Gasteiger partial charge on any atom is 0.336 e. The molecular formula is C13H18BrNO4S. The highest BCUT2D eigenvalue weighted by atomic mass is 79.9. The third-order valence-electron chi connectivity index (χ3n) is 3.17. The van der Waals surface area contributed by atoms with Gasteiger partial charge in [-0.05, 0) is 37.5 Å². The van der Waals surface area contributed by atoms with Crippen molar-refractivity contribution in [2.75, 3.05) is 0 Å². The van der Waals surface area contributed by atoms with Gasteiger partial charge in [-0.1, -0.05) is 29.8 Å². The van der Waals surface area contributed by atoms with Crippen LogP contribution in [0.15, 0.2) is 21.5 Å². The van der Waals surface area contributed by atoms with Crippen LogP contribution < -0.4 is 4.72 Å². The Hall–Kier alpha value is -0.920. The number of carboxylic acids is 1. The highest BCUT2D eigenvalue weighted by Crippen LogP contribution is 2.25. The fraction of sp³-hybridized carbons (Fsp3) is 0.462. The summed E-state index contributed by atoms with van der Waals surface area (Å²) in [6.45, 7) is 5.41. The predicted molar refractivity (Wildman–Crippen MR) is 80.5 cm³/mol. The quantitative estimate of drug-likeness (QED) is 0.813. The van der Waals surface area contributed by atoms with E-state index >= 15 is 0 Å². The normalized spacial score (nSPS) is 11.8. The van der Waals surface area contributed by atoms with Crippen molar-refractivity contribution in [2.24, 2.45) is 0 Å². The molecule has 1 aromatic carbocycles. The van der Waals surface area contributed by atoms with E-state index in [9.17, 15) is 13.2 Å². The highest BCUT2D eigenvalue weighted by Gasteiger charge is 2.22. The summed E-state index contributed by atoms with van der Waals surface area (Å²) in [6, 6.07) is 2.45. The van der Waals surface area contributed by atoms with Crippen LogP contribution in [0.25, 0.3) is 0 Å². The first kappa shape index (κ1) is 17.1. The van der Waals surface area contributed by atoms with Crippen molar-refractivity contribution in [1.82, 2.24) is 4.72 Å². The molecule has 0 aliphatic heterocycles. The molecule has 0 atom stereocenters. The minimum Gasteiger partial charge on any atom is -0.478 e. The van der Waals surface area contributed by atoms with Crippen molar-refractivity contribution in [3.05, 3.63) is 27.7 Å². The molecule has 20 heavy (non-hydrogen) atoms. The zero-order valence-corrected chi connectivity index (χ0v) is 14.0. The van der Waals surface area contributed by atoms with Gasteiger partial charge in [0, 0.05) is 10.5 Å². The van der Waals surface area contributed by atoms with E-state index < -0.39 is 16.0 Å². The summed E-state index contributed by atoms with van der Waals surface area (Å²) >= 11 is 3.20. The molecule has 0 unspecified atom stereocenters. The Balaban J connectivity index is 3.29. The van der Waals surface area contributed by atoms with Gasteiger partial charge < -0.3 is 5.11 Å². The van der Waals surface area contributed by atoms with Gasteiger partial charge in [0.2, 0.25) is 10.0 Å². The number of hydrogen-bond donors (Lipinski definition) is 2. The average Bonchev–Trinajstić information content (AvgIpc) is 2.38. The molecule has 0 saturated carbocycles. The minimum absolute atomic E-state index is 0.0238. The predicted octanol–water partition coefficient (Wildman–Crippen LogP) is 2.92.